The van der Waals surface area contributed by atoms with Crippen LogP contribution in [0.3, 0.4) is 0 Å². The van der Waals surface area contributed by atoms with Crippen LogP contribution < -0.4 is 0 Å². The molecule has 0 aliphatic carbocycles. The van der Waals surface area contributed by atoms with Gasteiger partial charge in [-0.15, -0.1) is 0 Å². The molecule has 0 radical (unpaired) electrons. The molecule has 0 bridgehead atoms. The summed E-state index contributed by atoms with van der Waals surface area (Å²) in [6.45, 7) is 2.26. The highest BCUT2D eigenvalue weighted by Crippen LogP contribution is 2.09. The second-order valence-corrected chi connectivity index (χ2v) is 5.92. The van der Waals surface area contributed by atoms with Crippen molar-refractivity contribution >= 4 is 5.91 Å². The van der Waals surface area contributed by atoms with E-state index in [1.807, 2.05) is 14.1 Å². The summed E-state index contributed by atoms with van der Waals surface area (Å²) in [5.41, 5.74) is 0. The third-order valence-electron chi connectivity index (χ3n) is 3.65. The molecular formula is C18H35NO. The van der Waals surface area contributed by atoms with Gasteiger partial charge in [0.25, 0.3) is 0 Å². The maximum Gasteiger partial charge on any atom is 0.222 e. The van der Waals surface area contributed by atoms with Gasteiger partial charge < -0.3 is 4.90 Å². The Morgan fingerprint density at radius 3 is 1.85 bits per heavy atom. The molecule has 0 aromatic rings. The number of nitrogens with zero attached hydrogens (tertiary/aromatic N) is 1. The highest BCUT2D eigenvalue weighted by molar-refractivity contribution is 5.75. The van der Waals surface area contributed by atoms with Crippen LogP contribution >= 0.6 is 0 Å². The van der Waals surface area contributed by atoms with Crippen molar-refractivity contribution in [2.24, 2.45) is 0 Å². The van der Waals surface area contributed by atoms with Gasteiger partial charge in [-0.2, -0.15) is 0 Å². The van der Waals surface area contributed by atoms with Crippen LogP contribution in [0.25, 0.3) is 0 Å². The Morgan fingerprint density at radius 1 is 0.800 bits per heavy atom. The van der Waals surface area contributed by atoms with Gasteiger partial charge >= 0.3 is 0 Å². The number of carbonyl (C=O) groups is 1. The lowest BCUT2D eigenvalue weighted by atomic mass is 10.1. The third-order valence-corrected chi connectivity index (χ3v) is 3.65. The quantitative estimate of drug-likeness (QED) is 0.330. The van der Waals surface area contributed by atoms with Crippen molar-refractivity contribution in [2.75, 3.05) is 14.1 Å². The highest BCUT2D eigenvalue weighted by Gasteiger charge is 2.02. The molecule has 0 rings (SSSR count). The minimum Gasteiger partial charge on any atom is -0.349 e. The number of allylic oxidation sites excluding steroid dienone is 2. The van der Waals surface area contributed by atoms with E-state index in [1.165, 1.54) is 64.2 Å². The Labute approximate surface area is 126 Å². The molecule has 0 heterocycles. The lowest BCUT2D eigenvalue weighted by Gasteiger charge is -2.09. The molecule has 2 heteroatoms. The standard InChI is InChI=1S/C18H35NO/c1-4-5-6-7-8-9-10-11-12-13-14-15-16-17-18(20)19(2)3/h9-10H,4-8,11-17H2,1-3H3/b10-9-. The van der Waals surface area contributed by atoms with Gasteiger partial charge in [-0.25, -0.2) is 0 Å². The Kier molecular flexibility index (Phi) is 14.0. The first-order chi connectivity index (χ1) is 9.68. The van der Waals surface area contributed by atoms with Crippen LogP contribution in [-0.2, 0) is 4.79 Å². The summed E-state index contributed by atoms with van der Waals surface area (Å²) in [7, 11) is 3.66. The van der Waals surface area contributed by atoms with E-state index in [0.29, 0.717) is 6.42 Å². The number of hydrogen-bond acceptors (Lipinski definition) is 1. The third kappa shape index (κ3) is 13.6. The molecule has 0 unspecified atom stereocenters. The largest absolute Gasteiger partial charge is 0.349 e. The van der Waals surface area contributed by atoms with Gasteiger partial charge in [-0.1, -0.05) is 57.6 Å². The Morgan fingerprint density at radius 2 is 1.30 bits per heavy atom. The Hall–Kier alpha value is -0.790. The normalized spacial score (nSPS) is 11.2. The van der Waals surface area contributed by atoms with E-state index in [4.69, 9.17) is 0 Å². The summed E-state index contributed by atoms with van der Waals surface area (Å²) in [4.78, 5) is 13.0. The zero-order valence-electron chi connectivity index (χ0n) is 14.0. The summed E-state index contributed by atoms with van der Waals surface area (Å²) in [5.74, 6) is 0.260. The fourth-order valence-electron chi connectivity index (χ4n) is 2.22. The van der Waals surface area contributed by atoms with E-state index >= 15 is 0 Å². The second kappa shape index (κ2) is 14.6. The summed E-state index contributed by atoms with van der Waals surface area (Å²) in [6.07, 6.45) is 19.4. The smallest absolute Gasteiger partial charge is 0.222 e. The van der Waals surface area contributed by atoms with Gasteiger partial charge in [0.15, 0.2) is 0 Å². The van der Waals surface area contributed by atoms with Crippen molar-refractivity contribution in [1.82, 2.24) is 4.90 Å². The van der Waals surface area contributed by atoms with Crippen molar-refractivity contribution in [2.45, 2.75) is 84.0 Å². The topological polar surface area (TPSA) is 20.3 Å². The zero-order chi connectivity index (χ0) is 15.1. The molecule has 0 aromatic carbocycles. The molecule has 2 nitrogen and oxygen atoms in total. The first-order valence-corrected chi connectivity index (χ1v) is 8.53. The number of rotatable bonds is 13. The van der Waals surface area contributed by atoms with E-state index < -0.39 is 0 Å². The first kappa shape index (κ1) is 19.2. The van der Waals surface area contributed by atoms with E-state index in [0.717, 1.165) is 6.42 Å². The van der Waals surface area contributed by atoms with E-state index in [9.17, 15) is 4.79 Å². The molecule has 0 saturated heterocycles. The summed E-state index contributed by atoms with van der Waals surface area (Å²) >= 11 is 0. The molecule has 0 aliphatic rings. The van der Waals surface area contributed by atoms with Gasteiger partial charge in [-0.05, 0) is 32.1 Å². The zero-order valence-corrected chi connectivity index (χ0v) is 14.0. The van der Waals surface area contributed by atoms with E-state index in [2.05, 4.69) is 19.1 Å². The summed E-state index contributed by atoms with van der Waals surface area (Å²) in [5, 5.41) is 0. The number of unbranched alkanes of at least 4 members (excludes halogenated alkanes) is 9. The van der Waals surface area contributed by atoms with Crippen LogP contribution in [0.15, 0.2) is 12.2 Å². The fraction of sp³-hybridized carbons (Fsp3) is 0.833. The molecule has 0 aliphatic heterocycles. The van der Waals surface area contributed by atoms with Crippen LogP contribution in [0.5, 0.6) is 0 Å². The minimum absolute atomic E-state index is 0.260. The van der Waals surface area contributed by atoms with Gasteiger partial charge in [0.1, 0.15) is 0 Å². The molecule has 1 amide bonds. The molecule has 0 fully saturated rings. The monoisotopic (exact) mass is 281 g/mol. The van der Waals surface area contributed by atoms with E-state index in [1.54, 1.807) is 4.90 Å². The maximum atomic E-state index is 11.4. The van der Waals surface area contributed by atoms with Gasteiger partial charge in [0.2, 0.25) is 5.91 Å². The molecule has 0 spiro atoms. The molecule has 0 aromatic heterocycles. The van der Waals surface area contributed by atoms with Crippen molar-refractivity contribution in [1.29, 1.82) is 0 Å². The minimum atomic E-state index is 0.260. The van der Waals surface area contributed by atoms with Gasteiger partial charge in [0.05, 0.1) is 0 Å². The Balaban J connectivity index is 3.16. The van der Waals surface area contributed by atoms with Crippen molar-refractivity contribution in [3.05, 3.63) is 12.2 Å². The number of amides is 1. The van der Waals surface area contributed by atoms with Gasteiger partial charge in [-0.3, -0.25) is 4.79 Å². The number of carbonyl (C=O) groups excluding carboxylic acids is 1. The van der Waals surface area contributed by atoms with Gasteiger partial charge in [0, 0.05) is 20.5 Å². The number of hydrogen-bond donors (Lipinski definition) is 0. The van der Waals surface area contributed by atoms with E-state index in [-0.39, 0.29) is 5.91 Å². The average Bonchev–Trinajstić information content (AvgIpc) is 2.43. The molecule has 20 heavy (non-hydrogen) atoms. The lowest BCUT2D eigenvalue weighted by Crippen LogP contribution is -2.20. The van der Waals surface area contributed by atoms with Crippen molar-refractivity contribution in [3.63, 3.8) is 0 Å². The van der Waals surface area contributed by atoms with Crippen molar-refractivity contribution in [3.8, 4) is 0 Å². The van der Waals surface area contributed by atoms with Crippen LogP contribution in [0.1, 0.15) is 84.0 Å². The highest BCUT2D eigenvalue weighted by atomic mass is 16.2. The molecule has 118 valence electrons. The van der Waals surface area contributed by atoms with Crippen LogP contribution in [-0.4, -0.2) is 24.9 Å². The SMILES string of the molecule is CCCCCC/C=C\CCCCCCCC(=O)N(C)C. The van der Waals surface area contributed by atoms with Crippen LogP contribution in [0, 0.1) is 0 Å². The predicted octanol–water partition coefficient (Wildman–Crippen LogP) is 5.33. The second-order valence-electron chi connectivity index (χ2n) is 5.92. The molecule has 0 saturated carbocycles. The summed E-state index contributed by atoms with van der Waals surface area (Å²) in [6, 6.07) is 0. The molecule has 0 atom stereocenters. The predicted molar refractivity (Wildman–Crippen MR) is 88.9 cm³/mol. The molecular weight excluding hydrogens is 246 g/mol. The molecule has 0 N–H and O–H groups in total. The Bertz CT molecular complexity index is 246. The average molecular weight is 281 g/mol. The van der Waals surface area contributed by atoms with Crippen LogP contribution in [0.4, 0.5) is 0 Å². The lowest BCUT2D eigenvalue weighted by molar-refractivity contribution is -0.128. The van der Waals surface area contributed by atoms with Crippen molar-refractivity contribution < 1.29 is 4.79 Å². The first-order valence-electron chi connectivity index (χ1n) is 8.53. The maximum absolute atomic E-state index is 11.4. The summed E-state index contributed by atoms with van der Waals surface area (Å²) < 4.78 is 0. The van der Waals surface area contributed by atoms with Crippen LogP contribution in [0.2, 0.25) is 0 Å². The fourth-order valence-corrected chi connectivity index (χ4v) is 2.22.